The van der Waals surface area contributed by atoms with Gasteiger partial charge < -0.3 is 30.5 Å². The summed E-state index contributed by atoms with van der Waals surface area (Å²) >= 11 is 12.0. The summed E-state index contributed by atoms with van der Waals surface area (Å²) in [6, 6.07) is 2.20. The minimum absolute atomic E-state index is 0.100. The van der Waals surface area contributed by atoms with Crippen LogP contribution in [0.25, 0.3) is 5.69 Å². The first kappa shape index (κ1) is 32.9. The molecule has 2 aromatic heterocycles. The van der Waals surface area contributed by atoms with Gasteiger partial charge in [0.1, 0.15) is 52.6 Å². The van der Waals surface area contributed by atoms with Crippen molar-refractivity contribution in [1.82, 2.24) is 24.8 Å². The van der Waals surface area contributed by atoms with E-state index in [9.17, 15) is 56.2 Å². The number of aromatic nitrogens is 5. The first-order chi connectivity index (χ1) is 20.0. The molecule has 0 radical (unpaired) electrons. The molecule has 0 bridgehead atoms. The van der Waals surface area contributed by atoms with E-state index in [-0.39, 0.29) is 5.69 Å². The number of nitriles is 1. The maximum absolute atomic E-state index is 13.5. The van der Waals surface area contributed by atoms with E-state index in [1.165, 1.54) is 6.07 Å². The molecular formula is C21H17Cl2F6N7O6S. The van der Waals surface area contributed by atoms with Crippen molar-refractivity contribution in [2.75, 3.05) is 11.9 Å². The molecule has 1 aliphatic heterocycles. The fourth-order valence-corrected chi connectivity index (χ4v) is 5.49. The number of ether oxygens (including phenoxy) is 1. The summed E-state index contributed by atoms with van der Waals surface area (Å²) in [5, 5.41) is 61.1. The van der Waals surface area contributed by atoms with Crippen LogP contribution in [-0.2, 0) is 28.3 Å². The fraction of sp³-hybridized carbons (Fsp3) is 0.429. The molecule has 0 spiro atoms. The molecule has 0 saturated carbocycles. The van der Waals surface area contributed by atoms with E-state index in [1.54, 1.807) is 0 Å². The molecule has 0 amide bonds. The topological polar surface area (TPSA) is 192 Å². The molecular weight excluding hydrogens is 663 g/mol. The summed E-state index contributed by atoms with van der Waals surface area (Å²) in [5.41, 5.74) is -8.40. The Morgan fingerprint density at radius 1 is 1.09 bits per heavy atom. The van der Waals surface area contributed by atoms with Crippen LogP contribution in [-0.4, -0.2) is 85.9 Å². The lowest BCUT2D eigenvalue weighted by Crippen LogP contribution is -2.56. The number of aliphatic hydroxyl groups is 4. The third-order valence-corrected chi connectivity index (χ3v) is 7.78. The first-order valence-corrected chi connectivity index (χ1v) is 13.4. The second-order valence-corrected chi connectivity index (χ2v) is 11.0. The number of anilines is 1. The molecule has 1 unspecified atom stereocenters. The number of nitrogens with one attached hydrogen (secondary N) is 1. The zero-order valence-corrected chi connectivity index (χ0v) is 23.1. The minimum Gasteiger partial charge on any atom is -0.394 e. The van der Waals surface area contributed by atoms with Crippen LogP contribution in [0.2, 0.25) is 10.0 Å². The maximum atomic E-state index is 13.5. The summed E-state index contributed by atoms with van der Waals surface area (Å²) in [6.07, 6.45) is -11.8. The normalized spacial score (nSPS) is 23.7. The first-order valence-electron chi connectivity index (χ1n) is 11.5. The highest BCUT2D eigenvalue weighted by atomic mass is 35.5. The molecule has 3 aromatic rings. The van der Waals surface area contributed by atoms with Gasteiger partial charge >= 0.3 is 11.7 Å². The standard InChI is InChI=1S/C21H17Cl2F6N7O6S/c22-9-1-7(20(24,25)26)2-10(23)13(9)36-18(17(11(3-30)33-36)43(41)21(27,28)29)31-4-8-5-35(34-32-8)19-16(40)15(39)14(38)12(6-37)42-19/h1-2,5,12,14-16,19,31,37-40H,4,6H2/t12-,14-,15+,16-,19-,43?/m1/s1. The summed E-state index contributed by atoms with van der Waals surface area (Å²) in [5.74, 6) is -0.793. The van der Waals surface area contributed by atoms with Crippen LogP contribution in [0.1, 0.15) is 23.2 Å². The van der Waals surface area contributed by atoms with E-state index >= 15 is 0 Å². The number of rotatable bonds is 7. The van der Waals surface area contributed by atoms with Gasteiger partial charge in [-0.3, -0.25) is 0 Å². The minimum atomic E-state index is -5.41. The second-order valence-electron chi connectivity index (χ2n) is 8.81. The van der Waals surface area contributed by atoms with Crippen LogP contribution in [0.3, 0.4) is 0 Å². The molecule has 22 heteroatoms. The largest absolute Gasteiger partial charge is 0.476 e. The highest BCUT2D eigenvalue weighted by Crippen LogP contribution is 2.41. The second kappa shape index (κ2) is 12.2. The van der Waals surface area contributed by atoms with E-state index in [0.29, 0.717) is 16.8 Å². The summed E-state index contributed by atoms with van der Waals surface area (Å²) in [6.45, 7) is -1.31. The Labute approximate surface area is 248 Å². The van der Waals surface area contributed by atoms with Gasteiger partial charge in [-0.2, -0.15) is 36.7 Å². The van der Waals surface area contributed by atoms with Gasteiger partial charge in [0.25, 0.3) is 0 Å². The molecule has 4 rings (SSSR count). The lowest BCUT2D eigenvalue weighted by molar-refractivity contribution is -0.254. The van der Waals surface area contributed by atoms with Crippen molar-refractivity contribution < 1.29 is 55.7 Å². The molecule has 1 aromatic carbocycles. The van der Waals surface area contributed by atoms with Gasteiger partial charge in [-0.05, 0) is 12.1 Å². The Hall–Kier alpha value is -3.03. The zero-order chi connectivity index (χ0) is 32.0. The van der Waals surface area contributed by atoms with Gasteiger partial charge in [0.05, 0.1) is 35.0 Å². The molecule has 234 valence electrons. The molecule has 6 atom stereocenters. The van der Waals surface area contributed by atoms with Crippen LogP contribution >= 0.6 is 23.2 Å². The van der Waals surface area contributed by atoms with Gasteiger partial charge in [0, 0.05) is 0 Å². The van der Waals surface area contributed by atoms with E-state index in [1.807, 2.05) is 0 Å². The zero-order valence-electron chi connectivity index (χ0n) is 20.8. The summed E-state index contributed by atoms with van der Waals surface area (Å²) in [7, 11) is -3.89. The van der Waals surface area contributed by atoms with Crippen LogP contribution in [0, 0.1) is 11.3 Å². The number of hydrogen-bond donors (Lipinski definition) is 5. The van der Waals surface area contributed by atoms with Crippen molar-refractivity contribution in [3.63, 3.8) is 0 Å². The van der Waals surface area contributed by atoms with E-state index < -0.39 is 104 Å². The van der Waals surface area contributed by atoms with Gasteiger partial charge in [0.2, 0.25) is 0 Å². The van der Waals surface area contributed by atoms with E-state index in [4.69, 9.17) is 27.9 Å². The number of hydrogen-bond acceptors (Lipinski definition) is 11. The number of benzene rings is 1. The number of nitrogens with zero attached hydrogens (tertiary/aromatic N) is 6. The third kappa shape index (κ3) is 6.44. The Balaban J connectivity index is 1.75. The predicted octanol–water partition coefficient (Wildman–Crippen LogP) is 1.87. The van der Waals surface area contributed by atoms with Crippen molar-refractivity contribution in [1.29, 1.82) is 5.26 Å². The average molecular weight is 680 g/mol. The Kier molecular flexibility index (Phi) is 9.30. The van der Waals surface area contributed by atoms with E-state index in [0.717, 1.165) is 10.9 Å². The summed E-state index contributed by atoms with van der Waals surface area (Å²) < 4.78 is 99.5. The van der Waals surface area contributed by atoms with Gasteiger partial charge in [-0.1, -0.05) is 28.4 Å². The molecule has 1 aliphatic rings. The summed E-state index contributed by atoms with van der Waals surface area (Å²) in [4.78, 5) is -1.19. The van der Waals surface area contributed by atoms with Crippen LogP contribution in [0.4, 0.5) is 32.2 Å². The Morgan fingerprint density at radius 2 is 1.72 bits per heavy atom. The van der Waals surface area contributed by atoms with Crippen molar-refractivity contribution in [3.05, 3.63) is 45.3 Å². The number of alkyl halides is 6. The highest BCUT2D eigenvalue weighted by Gasteiger charge is 2.45. The van der Waals surface area contributed by atoms with E-state index in [2.05, 4.69) is 20.7 Å². The van der Waals surface area contributed by atoms with Crippen molar-refractivity contribution >= 4 is 39.8 Å². The molecule has 3 heterocycles. The van der Waals surface area contributed by atoms with Crippen LogP contribution in [0.5, 0.6) is 0 Å². The number of halogens is 8. The fourth-order valence-electron chi connectivity index (χ4n) is 4.01. The lowest BCUT2D eigenvalue weighted by Gasteiger charge is -2.39. The predicted molar refractivity (Wildman–Crippen MR) is 132 cm³/mol. The van der Waals surface area contributed by atoms with Gasteiger partial charge in [0.15, 0.2) is 22.7 Å². The van der Waals surface area contributed by atoms with Crippen molar-refractivity contribution in [2.45, 2.75) is 53.8 Å². The highest BCUT2D eigenvalue weighted by molar-refractivity contribution is 7.86. The monoisotopic (exact) mass is 679 g/mol. The lowest BCUT2D eigenvalue weighted by atomic mass is 9.98. The van der Waals surface area contributed by atoms with Gasteiger partial charge in [-0.25, -0.2) is 13.6 Å². The maximum Gasteiger partial charge on any atom is 0.476 e. The third-order valence-electron chi connectivity index (χ3n) is 6.02. The molecule has 1 saturated heterocycles. The van der Waals surface area contributed by atoms with Crippen LogP contribution < -0.4 is 5.32 Å². The molecule has 0 aliphatic carbocycles. The van der Waals surface area contributed by atoms with Crippen molar-refractivity contribution in [2.24, 2.45) is 0 Å². The average Bonchev–Trinajstić information content (AvgIpc) is 3.53. The van der Waals surface area contributed by atoms with Gasteiger partial charge in [-0.15, -0.1) is 5.10 Å². The molecule has 5 N–H and O–H groups in total. The smallest absolute Gasteiger partial charge is 0.394 e. The molecule has 1 fully saturated rings. The SMILES string of the molecule is N#Cc1nn(-c2c(Cl)cc(C(F)(F)F)cc2Cl)c(NCc2cn([C@@H]3O[C@H](CO)[C@@H](O)[C@H](O)[C@H]3O)nn2)c1S(=O)C(F)(F)F. The van der Waals surface area contributed by atoms with Crippen molar-refractivity contribution in [3.8, 4) is 11.8 Å². The Morgan fingerprint density at radius 3 is 2.26 bits per heavy atom. The molecule has 13 nitrogen and oxygen atoms in total. The van der Waals surface area contributed by atoms with Crippen LogP contribution in [0.15, 0.2) is 23.2 Å². The quantitative estimate of drug-likeness (QED) is 0.229. The number of aliphatic hydroxyl groups excluding tert-OH is 4. The Bertz CT molecular complexity index is 1550. The molecule has 43 heavy (non-hydrogen) atoms.